The molecule has 2 fully saturated rings. The summed E-state index contributed by atoms with van der Waals surface area (Å²) in [5.41, 5.74) is 8.04. The number of benzene rings is 1. The van der Waals surface area contributed by atoms with E-state index >= 15 is 0 Å². The summed E-state index contributed by atoms with van der Waals surface area (Å²) in [6.07, 6.45) is 8.47. The van der Waals surface area contributed by atoms with Crippen LogP contribution in [-0.4, -0.2) is 53.6 Å². The predicted octanol–water partition coefficient (Wildman–Crippen LogP) is 2.94. The first kappa shape index (κ1) is 20.8. The van der Waals surface area contributed by atoms with Crippen molar-refractivity contribution in [2.24, 2.45) is 16.1 Å². The van der Waals surface area contributed by atoms with Crippen molar-refractivity contribution < 1.29 is 0 Å². The van der Waals surface area contributed by atoms with Gasteiger partial charge >= 0.3 is 0 Å². The van der Waals surface area contributed by atoms with Crippen LogP contribution in [0.25, 0.3) is 0 Å². The average Bonchev–Trinajstić information content (AvgIpc) is 2.71. The molecule has 0 bridgehead atoms. The Balaban J connectivity index is 0.00000225. The van der Waals surface area contributed by atoms with Crippen LogP contribution in [0.3, 0.4) is 0 Å². The summed E-state index contributed by atoms with van der Waals surface area (Å²) in [6.45, 7) is 4.29. The zero-order valence-corrected chi connectivity index (χ0v) is 18.5. The fourth-order valence-electron chi connectivity index (χ4n) is 4.04. The summed E-state index contributed by atoms with van der Waals surface area (Å²) in [4.78, 5) is 17.9. The van der Waals surface area contributed by atoms with Crippen molar-refractivity contribution in [3.8, 4) is 0 Å². The van der Waals surface area contributed by atoms with Gasteiger partial charge in [0.25, 0.3) is 0 Å². The summed E-state index contributed by atoms with van der Waals surface area (Å²) in [5.74, 6) is 1.48. The number of piperazine rings is 1. The number of aliphatic imine (C=N–C) groups is 1. The highest BCUT2D eigenvalue weighted by Crippen LogP contribution is 2.44. The van der Waals surface area contributed by atoms with Gasteiger partial charge in [-0.3, -0.25) is 4.99 Å². The van der Waals surface area contributed by atoms with Gasteiger partial charge in [-0.2, -0.15) is 0 Å². The Bertz CT molecular complexity index is 755. The van der Waals surface area contributed by atoms with Crippen LogP contribution in [0.1, 0.15) is 24.8 Å². The molecule has 1 saturated heterocycles. The van der Waals surface area contributed by atoms with E-state index in [1.165, 1.54) is 24.8 Å². The largest absolute Gasteiger partial charge is 0.370 e. The van der Waals surface area contributed by atoms with Gasteiger partial charge in [0.2, 0.25) is 5.95 Å². The van der Waals surface area contributed by atoms with Gasteiger partial charge in [-0.15, -0.1) is 24.0 Å². The van der Waals surface area contributed by atoms with Crippen LogP contribution in [0.4, 0.5) is 5.95 Å². The molecule has 0 amide bonds. The number of hydrogen-bond donors (Lipinski definition) is 1. The number of aromatic nitrogens is 2. The van der Waals surface area contributed by atoms with E-state index in [0.717, 1.165) is 45.1 Å². The predicted molar refractivity (Wildman–Crippen MR) is 124 cm³/mol. The molecule has 2 N–H and O–H groups in total. The standard InChI is InChI=1S/C21H28N6.HI/c22-19(26-12-14-27(15-13-26)20-23-10-5-11-24-20)25-17-21(8-4-9-21)16-18-6-2-1-3-7-18;/h1-3,5-7,10-11H,4,8-9,12-17H2,(H2,22,25);1H. The summed E-state index contributed by atoms with van der Waals surface area (Å²) >= 11 is 0. The zero-order valence-electron chi connectivity index (χ0n) is 16.2. The molecule has 1 aromatic heterocycles. The van der Waals surface area contributed by atoms with Crippen LogP contribution in [0.2, 0.25) is 0 Å². The maximum absolute atomic E-state index is 6.34. The van der Waals surface area contributed by atoms with E-state index in [1.807, 2.05) is 6.07 Å². The Hall–Kier alpha value is -1.90. The minimum atomic E-state index is 0. The van der Waals surface area contributed by atoms with Crippen LogP contribution in [0, 0.1) is 5.41 Å². The van der Waals surface area contributed by atoms with E-state index in [2.05, 4.69) is 50.1 Å². The molecule has 0 atom stereocenters. The first-order valence-corrected chi connectivity index (χ1v) is 9.85. The Morgan fingerprint density at radius 1 is 1.00 bits per heavy atom. The summed E-state index contributed by atoms with van der Waals surface area (Å²) in [7, 11) is 0. The number of rotatable bonds is 5. The van der Waals surface area contributed by atoms with Crippen LogP contribution < -0.4 is 10.6 Å². The lowest BCUT2D eigenvalue weighted by molar-refractivity contribution is 0.145. The van der Waals surface area contributed by atoms with Crippen molar-refractivity contribution in [3.05, 3.63) is 54.4 Å². The maximum Gasteiger partial charge on any atom is 0.225 e. The second kappa shape index (κ2) is 9.54. The Kier molecular flexibility index (Phi) is 7.09. The van der Waals surface area contributed by atoms with E-state index < -0.39 is 0 Å². The fraction of sp³-hybridized carbons (Fsp3) is 0.476. The van der Waals surface area contributed by atoms with E-state index in [9.17, 15) is 0 Å². The molecule has 1 aromatic carbocycles. The van der Waals surface area contributed by atoms with Crippen LogP contribution in [-0.2, 0) is 6.42 Å². The highest BCUT2D eigenvalue weighted by molar-refractivity contribution is 14.0. The molecule has 150 valence electrons. The highest BCUT2D eigenvalue weighted by atomic mass is 127. The lowest BCUT2D eigenvalue weighted by Gasteiger charge is -2.41. The molecule has 0 radical (unpaired) electrons. The maximum atomic E-state index is 6.34. The number of halogens is 1. The van der Waals surface area contributed by atoms with Crippen LogP contribution in [0.5, 0.6) is 0 Å². The van der Waals surface area contributed by atoms with Crippen molar-refractivity contribution in [2.75, 3.05) is 37.6 Å². The van der Waals surface area contributed by atoms with Crippen LogP contribution >= 0.6 is 24.0 Å². The van der Waals surface area contributed by atoms with E-state index in [0.29, 0.717) is 11.4 Å². The smallest absolute Gasteiger partial charge is 0.225 e. The van der Waals surface area contributed by atoms with Gasteiger partial charge in [0.15, 0.2) is 5.96 Å². The molecule has 2 aromatic rings. The summed E-state index contributed by atoms with van der Waals surface area (Å²) < 4.78 is 0. The third-order valence-electron chi connectivity index (χ3n) is 5.85. The Morgan fingerprint density at radius 2 is 1.68 bits per heavy atom. The van der Waals surface area contributed by atoms with Crippen molar-refractivity contribution >= 4 is 35.9 Å². The summed E-state index contributed by atoms with van der Waals surface area (Å²) in [6, 6.07) is 12.6. The quantitative estimate of drug-likeness (QED) is 0.395. The molecule has 1 aliphatic heterocycles. The fourth-order valence-corrected chi connectivity index (χ4v) is 4.04. The molecule has 28 heavy (non-hydrogen) atoms. The van der Waals surface area contributed by atoms with Gasteiger partial charge in [-0.1, -0.05) is 36.8 Å². The minimum Gasteiger partial charge on any atom is -0.370 e. The molecule has 1 aliphatic carbocycles. The normalized spacial score (nSPS) is 18.9. The number of nitrogens with zero attached hydrogens (tertiary/aromatic N) is 5. The molecule has 7 heteroatoms. The summed E-state index contributed by atoms with van der Waals surface area (Å²) in [5, 5.41) is 0. The van der Waals surface area contributed by atoms with Crippen molar-refractivity contribution in [2.45, 2.75) is 25.7 Å². The Morgan fingerprint density at radius 3 is 2.29 bits per heavy atom. The second-order valence-electron chi connectivity index (χ2n) is 7.71. The van der Waals surface area contributed by atoms with Gasteiger partial charge in [-0.25, -0.2) is 9.97 Å². The molecule has 6 nitrogen and oxygen atoms in total. The van der Waals surface area contributed by atoms with E-state index in [4.69, 9.17) is 10.7 Å². The topological polar surface area (TPSA) is 70.6 Å². The molecule has 4 rings (SSSR count). The minimum absolute atomic E-state index is 0. The van der Waals surface area contributed by atoms with Gasteiger partial charge < -0.3 is 15.5 Å². The number of nitrogens with two attached hydrogens (primary N) is 1. The van der Waals surface area contributed by atoms with E-state index in [1.54, 1.807) is 12.4 Å². The first-order chi connectivity index (χ1) is 13.2. The lowest BCUT2D eigenvalue weighted by atomic mass is 9.65. The molecule has 1 saturated carbocycles. The third-order valence-corrected chi connectivity index (χ3v) is 5.85. The van der Waals surface area contributed by atoms with Crippen molar-refractivity contribution in [1.29, 1.82) is 0 Å². The second-order valence-corrected chi connectivity index (χ2v) is 7.71. The van der Waals surface area contributed by atoms with Gasteiger partial charge in [0.05, 0.1) is 0 Å². The third kappa shape index (κ3) is 4.92. The monoisotopic (exact) mass is 492 g/mol. The molecule has 0 spiro atoms. The average molecular weight is 492 g/mol. The number of guanidine groups is 1. The number of hydrogen-bond acceptors (Lipinski definition) is 4. The Labute approximate surface area is 184 Å². The van der Waals surface area contributed by atoms with E-state index in [-0.39, 0.29) is 24.0 Å². The van der Waals surface area contributed by atoms with Gasteiger partial charge in [0.1, 0.15) is 0 Å². The molecule has 2 heterocycles. The van der Waals surface area contributed by atoms with Gasteiger partial charge in [-0.05, 0) is 36.3 Å². The van der Waals surface area contributed by atoms with Crippen molar-refractivity contribution in [1.82, 2.24) is 14.9 Å². The highest BCUT2D eigenvalue weighted by Gasteiger charge is 2.37. The lowest BCUT2D eigenvalue weighted by Crippen LogP contribution is -2.52. The molecular formula is C21H29IN6. The number of anilines is 1. The van der Waals surface area contributed by atoms with Gasteiger partial charge in [0, 0.05) is 45.1 Å². The van der Waals surface area contributed by atoms with Crippen molar-refractivity contribution in [3.63, 3.8) is 0 Å². The molecule has 0 unspecified atom stereocenters. The molecule has 2 aliphatic rings. The SMILES string of the molecule is I.NC(=NCC1(Cc2ccccc2)CCC1)N1CCN(c2ncccn2)CC1. The molecular weight excluding hydrogens is 463 g/mol. The zero-order chi connectivity index (χ0) is 18.5. The first-order valence-electron chi connectivity index (χ1n) is 9.85. The van der Waals surface area contributed by atoms with Crippen LogP contribution in [0.15, 0.2) is 53.8 Å².